The van der Waals surface area contributed by atoms with E-state index in [-0.39, 0.29) is 5.75 Å². The second-order valence-corrected chi connectivity index (χ2v) is 6.01. The minimum Gasteiger partial charge on any atom is -0.434 e. The average Bonchev–Trinajstić information content (AvgIpc) is 2.69. The summed E-state index contributed by atoms with van der Waals surface area (Å²) >= 11 is 4.77. The van der Waals surface area contributed by atoms with E-state index >= 15 is 0 Å². The third kappa shape index (κ3) is 3.32. The first-order valence-corrected chi connectivity index (χ1v) is 7.07. The number of hydrogen-bond donors (Lipinski definition) is 1. The van der Waals surface area contributed by atoms with Crippen LogP contribution in [0, 0.1) is 6.92 Å². The normalized spacial score (nSPS) is 12.7. The molecule has 0 amide bonds. The van der Waals surface area contributed by atoms with Crippen molar-refractivity contribution in [2.75, 3.05) is 0 Å². The first-order chi connectivity index (χ1) is 8.99. The van der Waals surface area contributed by atoms with E-state index in [1.54, 1.807) is 24.3 Å². The topological polar surface area (TPSA) is 29.5 Å². The van der Waals surface area contributed by atoms with Crippen molar-refractivity contribution in [3.8, 4) is 5.75 Å². The van der Waals surface area contributed by atoms with Gasteiger partial charge in [0.25, 0.3) is 0 Å². The Balaban J connectivity index is 2.35. The predicted molar refractivity (Wildman–Crippen MR) is 73.9 cm³/mol. The number of aliphatic hydroxyl groups excluding tert-OH is 1. The summed E-state index contributed by atoms with van der Waals surface area (Å²) in [7, 11) is 0. The van der Waals surface area contributed by atoms with Gasteiger partial charge >= 0.3 is 6.61 Å². The molecule has 1 unspecified atom stereocenters. The SMILES string of the molecule is Cc1sc(C(O)c2ccccc2OC(F)F)cc1Br. The van der Waals surface area contributed by atoms with Crippen LogP contribution in [0.25, 0.3) is 0 Å². The Morgan fingerprint density at radius 3 is 2.58 bits per heavy atom. The number of ether oxygens (including phenoxy) is 1. The van der Waals surface area contributed by atoms with Gasteiger partial charge in [0, 0.05) is 19.8 Å². The van der Waals surface area contributed by atoms with Crippen LogP contribution in [0.15, 0.2) is 34.8 Å². The molecule has 0 spiro atoms. The molecule has 6 heteroatoms. The molecule has 2 rings (SSSR count). The molecule has 0 saturated heterocycles. The highest BCUT2D eigenvalue weighted by molar-refractivity contribution is 9.10. The van der Waals surface area contributed by atoms with E-state index < -0.39 is 12.7 Å². The molecule has 2 aromatic rings. The lowest BCUT2D eigenvalue weighted by Crippen LogP contribution is -2.07. The Morgan fingerprint density at radius 1 is 1.32 bits per heavy atom. The fourth-order valence-electron chi connectivity index (χ4n) is 1.68. The Labute approximate surface area is 121 Å². The van der Waals surface area contributed by atoms with Gasteiger partial charge in [0.15, 0.2) is 0 Å². The Kier molecular flexibility index (Phi) is 4.54. The van der Waals surface area contributed by atoms with Crippen LogP contribution in [0.1, 0.15) is 21.4 Å². The Hall–Kier alpha value is -0.980. The number of benzene rings is 1. The second kappa shape index (κ2) is 5.98. The largest absolute Gasteiger partial charge is 0.434 e. The zero-order chi connectivity index (χ0) is 14.0. The fraction of sp³-hybridized carbons (Fsp3) is 0.231. The van der Waals surface area contributed by atoms with E-state index in [2.05, 4.69) is 20.7 Å². The molecule has 1 N–H and O–H groups in total. The number of aliphatic hydroxyl groups is 1. The third-order valence-electron chi connectivity index (χ3n) is 2.58. The maximum Gasteiger partial charge on any atom is 0.387 e. The van der Waals surface area contributed by atoms with Crippen molar-refractivity contribution in [2.45, 2.75) is 19.6 Å². The van der Waals surface area contributed by atoms with Crippen molar-refractivity contribution in [1.82, 2.24) is 0 Å². The molecular weight excluding hydrogens is 338 g/mol. The first-order valence-electron chi connectivity index (χ1n) is 5.46. The quantitative estimate of drug-likeness (QED) is 0.881. The third-order valence-corrected chi connectivity index (χ3v) is 4.76. The number of alkyl halides is 2. The lowest BCUT2D eigenvalue weighted by atomic mass is 10.1. The number of hydrogen-bond acceptors (Lipinski definition) is 3. The summed E-state index contributed by atoms with van der Waals surface area (Å²) in [5.41, 5.74) is 0.330. The lowest BCUT2D eigenvalue weighted by Gasteiger charge is -2.14. The maximum absolute atomic E-state index is 12.3. The van der Waals surface area contributed by atoms with Crippen molar-refractivity contribution >= 4 is 27.3 Å². The van der Waals surface area contributed by atoms with Crippen LogP contribution in [0.4, 0.5) is 8.78 Å². The van der Waals surface area contributed by atoms with Gasteiger partial charge in [0.2, 0.25) is 0 Å². The van der Waals surface area contributed by atoms with Crippen LogP contribution in [0.2, 0.25) is 0 Å². The summed E-state index contributed by atoms with van der Waals surface area (Å²) < 4.78 is 30.0. The smallest absolute Gasteiger partial charge is 0.387 e. The van der Waals surface area contributed by atoms with Gasteiger partial charge in [-0.25, -0.2) is 0 Å². The molecule has 1 aromatic carbocycles. The van der Waals surface area contributed by atoms with E-state index in [0.29, 0.717) is 10.4 Å². The van der Waals surface area contributed by atoms with Crippen LogP contribution >= 0.6 is 27.3 Å². The van der Waals surface area contributed by atoms with E-state index in [0.717, 1.165) is 9.35 Å². The molecule has 1 aromatic heterocycles. The summed E-state index contributed by atoms with van der Waals surface area (Å²) in [6, 6.07) is 8.03. The summed E-state index contributed by atoms with van der Waals surface area (Å²) in [5.74, 6) is -0.00724. The van der Waals surface area contributed by atoms with Crippen molar-refractivity contribution < 1.29 is 18.6 Å². The van der Waals surface area contributed by atoms with Gasteiger partial charge in [-0.15, -0.1) is 11.3 Å². The number of aryl methyl sites for hydroxylation is 1. The molecule has 1 atom stereocenters. The molecule has 0 saturated carbocycles. The van der Waals surface area contributed by atoms with Gasteiger partial charge in [-0.3, -0.25) is 0 Å². The second-order valence-electron chi connectivity index (χ2n) is 3.87. The summed E-state index contributed by atoms with van der Waals surface area (Å²) in [5, 5.41) is 10.3. The van der Waals surface area contributed by atoms with Crippen molar-refractivity contribution in [2.24, 2.45) is 0 Å². The van der Waals surface area contributed by atoms with Crippen molar-refractivity contribution in [3.63, 3.8) is 0 Å². The number of thiophene rings is 1. The van der Waals surface area contributed by atoms with Gasteiger partial charge in [0.1, 0.15) is 11.9 Å². The molecule has 2 nitrogen and oxygen atoms in total. The lowest BCUT2D eigenvalue weighted by molar-refractivity contribution is -0.0512. The Morgan fingerprint density at radius 2 is 2.00 bits per heavy atom. The van der Waals surface area contributed by atoms with Crippen molar-refractivity contribution in [3.05, 3.63) is 50.1 Å². The van der Waals surface area contributed by atoms with Gasteiger partial charge in [0.05, 0.1) is 0 Å². The number of para-hydroxylation sites is 1. The van der Waals surface area contributed by atoms with Gasteiger partial charge < -0.3 is 9.84 Å². The average molecular weight is 349 g/mol. The molecule has 0 fully saturated rings. The van der Waals surface area contributed by atoms with Crippen LogP contribution < -0.4 is 4.74 Å². The predicted octanol–water partition coefficient (Wildman–Crippen LogP) is 4.50. The maximum atomic E-state index is 12.3. The molecule has 0 radical (unpaired) electrons. The Bertz CT molecular complexity index is 552. The summed E-state index contributed by atoms with van der Waals surface area (Å²) in [6.45, 7) is -1.00. The zero-order valence-electron chi connectivity index (χ0n) is 9.94. The molecule has 1 heterocycles. The van der Waals surface area contributed by atoms with Gasteiger partial charge in [-0.05, 0) is 35.0 Å². The van der Waals surface area contributed by atoms with Crippen LogP contribution in [0.5, 0.6) is 5.75 Å². The van der Waals surface area contributed by atoms with Gasteiger partial charge in [-0.1, -0.05) is 18.2 Å². The zero-order valence-corrected chi connectivity index (χ0v) is 12.3. The van der Waals surface area contributed by atoms with E-state index in [1.165, 1.54) is 17.4 Å². The first kappa shape index (κ1) is 14.4. The highest BCUT2D eigenvalue weighted by Gasteiger charge is 2.19. The van der Waals surface area contributed by atoms with E-state index in [9.17, 15) is 13.9 Å². The molecular formula is C13H11BrF2O2S. The molecule has 0 aliphatic rings. The van der Waals surface area contributed by atoms with Crippen molar-refractivity contribution in [1.29, 1.82) is 0 Å². The van der Waals surface area contributed by atoms with Crippen LogP contribution in [0.3, 0.4) is 0 Å². The fourth-order valence-corrected chi connectivity index (χ4v) is 3.25. The molecule has 0 bridgehead atoms. The molecule has 0 aliphatic carbocycles. The molecule has 0 aliphatic heterocycles. The minimum atomic E-state index is -2.91. The number of halogens is 3. The molecule has 102 valence electrons. The standard InChI is InChI=1S/C13H11BrF2O2S/c1-7-9(14)6-11(19-7)12(17)8-4-2-3-5-10(8)18-13(15)16/h2-6,12-13,17H,1H3. The minimum absolute atomic E-state index is 0.00724. The van der Waals surface area contributed by atoms with Gasteiger partial charge in [-0.2, -0.15) is 8.78 Å². The highest BCUT2D eigenvalue weighted by atomic mass is 79.9. The monoisotopic (exact) mass is 348 g/mol. The summed E-state index contributed by atoms with van der Waals surface area (Å²) in [4.78, 5) is 1.69. The molecule has 19 heavy (non-hydrogen) atoms. The summed E-state index contributed by atoms with van der Waals surface area (Å²) in [6.07, 6.45) is -0.982. The number of rotatable bonds is 4. The van der Waals surface area contributed by atoms with Crippen LogP contribution in [-0.2, 0) is 0 Å². The van der Waals surface area contributed by atoms with E-state index in [4.69, 9.17) is 0 Å². The van der Waals surface area contributed by atoms with E-state index in [1.807, 2.05) is 6.92 Å². The van der Waals surface area contributed by atoms with Crippen LogP contribution in [-0.4, -0.2) is 11.7 Å². The highest BCUT2D eigenvalue weighted by Crippen LogP contribution is 2.37.